The van der Waals surface area contributed by atoms with Gasteiger partial charge in [0, 0.05) is 16.0 Å². The molecule has 0 unspecified atom stereocenters. The molecule has 3 rings (SSSR count). The van der Waals surface area contributed by atoms with Crippen molar-refractivity contribution in [1.29, 1.82) is 0 Å². The molecule has 13 nitrogen and oxygen atoms in total. The molecule has 0 aliphatic carbocycles. The molecule has 3 aromatic carbocycles. The number of phenolic OH excluding ortho intramolecular Hbond substituents is 1. The van der Waals surface area contributed by atoms with E-state index in [-0.39, 0.29) is 32.6 Å². The molecule has 35 heavy (non-hydrogen) atoms. The first kappa shape index (κ1) is 26.5. The lowest BCUT2D eigenvalue weighted by atomic mass is 10.1. The predicted octanol–water partition coefficient (Wildman–Crippen LogP) is 4.50. The van der Waals surface area contributed by atoms with Crippen LogP contribution in [0.5, 0.6) is 5.75 Å². The zero-order chi connectivity index (χ0) is 26.0. The molecule has 3 aromatic rings. The number of nitrogens with zero attached hydrogens (tertiary/aromatic N) is 2. The third kappa shape index (κ3) is 5.95. The van der Waals surface area contributed by atoms with Crippen molar-refractivity contribution in [2.24, 2.45) is 10.2 Å². The second-order valence-corrected chi connectivity index (χ2v) is 10.3. The number of nitrogen functional groups attached to an aromatic ring is 1. The molecular weight excluding hydrogens is 526 g/mol. The molecule has 0 aliphatic heterocycles. The van der Waals surface area contributed by atoms with E-state index >= 15 is 0 Å². The lowest BCUT2D eigenvalue weighted by Gasteiger charge is -2.12. The predicted molar refractivity (Wildman–Crippen MR) is 126 cm³/mol. The van der Waals surface area contributed by atoms with E-state index in [2.05, 4.69) is 19.6 Å². The first-order chi connectivity index (χ1) is 16.4. The van der Waals surface area contributed by atoms with E-state index in [0.29, 0.717) is 12.0 Å². The summed E-state index contributed by atoms with van der Waals surface area (Å²) in [5, 5.41) is 30.0. The van der Waals surface area contributed by atoms with Crippen LogP contribution in [-0.4, -0.2) is 36.3 Å². The van der Waals surface area contributed by atoms with E-state index in [0.717, 1.165) is 12.1 Å². The van der Waals surface area contributed by atoms with Crippen molar-refractivity contribution < 1.29 is 45.7 Å². The Labute approximate surface area is 203 Å². The molecule has 0 spiro atoms. The van der Waals surface area contributed by atoms with Gasteiger partial charge in [-0.2, -0.15) is 21.9 Å². The van der Waals surface area contributed by atoms with Crippen molar-refractivity contribution in [2.45, 2.75) is 21.6 Å². The van der Waals surface area contributed by atoms with E-state index in [9.17, 15) is 31.0 Å². The Bertz CT molecular complexity index is 1570. The standard InChI is InChI=1S/C19H17N3O10S3/c1-2-3-10-4-5-12(8-15(10)34(25,26)27)21-22-18-16(35(28,29)30)7-11-6-13(33-32-31-24)9-14(20)17(11)19(18)23/h2-9,23-24H,20H2,1H3,(H,25,26,27)(H,28,29,30)/b3-2+,22-21?. The summed E-state index contributed by atoms with van der Waals surface area (Å²) in [7, 11) is -9.58. The minimum Gasteiger partial charge on any atom is -0.505 e. The molecule has 0 saturated heterocycles. The van der Waals surface area contributed by atoms with Gasteiger partial charge in [-0.3, -0.25) is 9.11 Å². The molecule has 0 aromatic heterocycles. The molecule has 0 atom stereocenters. The summed E-state index contributed by atoms with van der Waals surface area (Å²) < 4.78 is 71.0. The molecule has 0 fully saturated rings. The Hall–Kier alpha value is -3.09. The summed E-state index contributed by atoms with van der Waals surface area (Å²) >= 11 is 0.526. The molecule has 0 heterocycles. The zero-order valence-electron chi connectivity index (χ0n) is 17.6. The summed E-state index contributed by atoms with van der Waals surface area (Å²) in [6.45, 7) is 1.64. The second kappa shape index (κ2) is 10.3. The van der Waals surface area contributed by atoms with Crippen molar-refractivity contribution in [2.75, 3.05) is 5.73 Å². The number of hydrogen-bond acceptors (Lipinski definition) is 12. The number of allylic oxidation sites excluding steroid dienone is 1. The molecule has 186 valence electrons. The normalized spacial score (nSPS) is 12.8. The van der Waals surface area contributed by atoms with Crippen molar-refractivity contribution in [3.05, 3.63) is 48.0 Å². The third-order valence-corrected chi connectivity index (χ3v) is 6.81. The zero-order valence-corrected chi connectivity index (χ0v) is 20.0. The molecule has 0 aliphatic rings. The van der Waals surface area contributed by atoms with E-state index in [1.54, 1.807) is 13.0 Å². The van der Waals surface area contributed by atoms with Gasteiger partial charge in [0.05, 0.1) is 17.7 Å². The largest absolute Gasteiger partial charge is 0.505 e. The average molecular weight is 544 g/mol. The van der Waals surface area contributed by atoms with Crippen LogP contribution in [0.2, 0.25) is 0 Å². The fourth-order valence-electron chi connectivity index (χ4n) is 3.12. The molecular formula is C19H17N3O10S3. The molecule has 0 bridgehead atoms. The number of aromatic hydroxyl groups is 1. The van der Waals surface area contributed by atoms with Gasteiger partial charge in [-0.15, -0.1) is 9.45 Å². The maximum absolute atomic E-state index is 12.0. The van der Waals surface area contributed by atoms with Crippen molar-refractivity contribution >= 4 is 66.2 Å². The highest BCUT2D eigenvalue weighted by Gasteiger charge is 2.24. The van der Waals surface area contributed by atoms with Gasteiger partial charge in [0.25, 0.3) is 20.2 Å². The summed E-state index contributed by atoms with van der Waals surface area (Å²) in [5.74, 6) is -0.743. The van der Waals surface area contributed by atoms with E-state index in [1.807, 2.05) is 0 Å². The van der Waals surface area contributed by atoms with Crippen LogP contribution in [0.4, 0.5) is 17.1 Å². The van der Waals surface area contributed by atoms with Gasteiger partial charge >= 0.3 is 0 Å². The van der Waals surface area contributed by atoms with Crippen LogP contribution >= 0.6 is 12.0 Å². The topological polar surface area (TPSA) is 218 Å². The number of azo groups is 1. The van der Waals surface area contributed by atoms with Crippen LogP contribution in [0.15, 0.2) is 67.4 Å². The molecule has 0 amide bonds. The number of phenols is 1. The van der Waals surface area contributed by atoms with Crippen LogP contribution in [0.3, 0.4) is 0 Å². The summed E-state index contributed by atoms with van der Waals surface area (Å²) in [4.78, 5) is -1.06. The van der Waals surface area contributed by atoms with Gasteiger partial charge in [0.1, 0.15) is 15.5 Å². The lowest BCUT2D eigenvalue weighted by molar-refractivity contribution is -0.432. The van der Waals surface area contributed by atoms with Crippen molar-refractivity contribution in [1.82, 2.24) is 0 Å². The van der Waals surface area contributed by atoms with Crippen LogP contribution in [0, 0.1) is 0 Å². The minimum atomic E-state index is -4.94. The van der Waals surface area contributed by atoms with Crippen LogP contribution < -0.4 is 5.73 Å². The Morgan fingerprint density at radius 2 is 1.69 bits per heavy atom. The Morgan fingerprint density at radius 1 is 1.00 bits per heavy atom. The van der Waals surface area contributed by atoms with Crippen LogP contribution in [0.25, 0.3) is 16.8 Å². The summed E-state index contributed by atoms with van der Waals surface area (Å²) in [6.07, 6.45) is 2.98. The second-order valence-electron chi connectivity index (χ2n) is 6.78. The maximum atomic E-state index is 12.0. The number of rotatable bonds is 8. The van der Waals surface area contributed by atoms with Crippen molar-refractivity contribution in [3.8, 4) is 5.75 Å². The number of benzene rings is 3. The highest BCUT2D eigenvalue weighted by molar-refractivity contribution is 7.94. The van der Waals surface area contributed by atoms with Gasteiger partial charge in [-0.05, 0) is 48.2 Å². The number of fused-ring (bicyclic) bond motifs is 1. The average Bonchev–Trinajstić information content (AvgIpc) is 2.76. The quantitative estimate of drug-likeness (QED) is 0.0662. The van der Waals surface area contributed by atoms with Gasteiger partial charge in [0.2, 0.25) is 0 Å². The van der Waals surface area contributed by atoms with E-state index in [4.69, 9.17) is 11.0 Å². The smallest absolute Gasteiger partial charge is 0.296 e. The van der Waals surface area contributed by atoms with Crippen LogP contribution in [0.1, 0.15) is 12.5 Å². The Kier molecular flexibility index (Phi) is 7.77. The Balaban J connectivity index is 2.22. The monoisotopic (exact) mass is 543 g/mol. The van der Waals surface area contributed by atoms with Gasteiger partial charge in [0.15, 0.2) is 5.75 Å². The summed E-state index contributed by atoms with van der Waals surface area (Å²) in [6, 6.07) is 7.26. The maximum Gasteiger partial charge on any atom is 0.296 e. The SMILES string of the molecule is C/C=C/c1ccc(N=Nc2c(S(=O)(=O)O)cc3cc(SOOO)cc(N)c3c2O)cc1S(=O)(=O)O. The third-order valence-electron chi connectivity index (χ3n) is 4.48. The number of nitrogens with two attached hydrogens (primary N) is 1. The van der Waals surface area contributed by atoms with Gasteiger partial charge < -0.3 is 10.8 Å². The molecule has 0 saturated carbocycles. The van der Waals surface area contributed by atoms with E-state index in [1.165, 1.54) is 30.3 Å². The minimum absolute atomic E-state index is 0.0392. The van der Waals surface area contributed by atoms with Crippen molar-refractivity contribution in [3.63, 3.8) is 0 Å². The fourth-order valence-corrected chi connectivity index (χ4v) is 4.94. The fraction of sp³-hybridized carbons (Fsp3) is 0.0526. The van der Waals surface area contributed by atoms with Crippen LogP contribution in [-0.2, 0) is 29.6 Å². The lowest BCUT2D eigenvalue weighted by Crippen LogP contribution is -2.00. The van der Waals surface area contributed by atoms with Gasteiger partial charge in [-0.1, -0.05) is 23.3 Å². The van der Waals surface area contributed by atoms with E-state index < -0.39 is 41.5 Å². The summed E-state index contributed by atoms with van der Waals surface area (Å²) in [5.41, 5.74) is 5.28. The van der Waals surface area contributed by atoms with Gasteiger partial charge in [-0.25, -0.2) is 5.26 Å². The first-order valence-corrected chi connectivity index (χ1v) is 12.9. The molecule has 16 heteroatoms. The highest BCUT2D eigenvalue weighted by atomic mass is 32.2. The Morgan fingerprint density at radius 3 is 2.29 bits per heavy atom. The highest BCUT2D eigenvalue weighted by Crippen LogP contribution is 2.45. The molecule has 0 radical (unpaired) electrons. The molecule has 6 N–H and O–H groups in total. The number of hydrogen-bond donors (Lipinski definition) is 5. The first-order valence-electron chi connectivity index (χ1n) is 9.24. The number of anilines is 1.